The van der Waals surface area contributed by atoms with Crippen LogP contribution in [0.25, 0.3) is 11.5 Å². The normalized spacial score (nSPS) is 10.4. The van der Waals surface area contributed by atoms with Crippen LogP contribution in [0, 0.1) is 0 Å². The van der Waals surface area contributed by atoms with Gasteiger partial charge in [-0.1, -0.05) is 6.07 Å². The molecule has 0 saturated heterocycles. The van der Waals surface area contributed by atoms with Crippen molar-refractivity contribution in [1.29, 1.82) is 0 Å². The summed E-state index contributed by atoms with van der Waals surface area (Å²) in [5.74, 6) is -0.915. The molecule has 0 bridgehead atoms. The number of hydrogen-bond acceptors (Lipinski definition) is 5. The molecule has 1 heterocycles. The van der Waals surface area contributed by atoms with E-state index in [-0.39, 0.29) is 29.6 Å². The Kier molecular flexibility index (Phi) is 2.80. The molecule has 0 radical (unpaired) electrons. The van der Waals surface area contributed by atoms with Crippen LogP contribution in [-0.2, 0) is 6.54 Å². The zero-order valence-corrected chi connectivity index (χ0v) is 8.75. The summed E-state index contributed by atoms with van der Waals surface area (Å²) in [6.45, 7) is -0.0482. The van der Waals surface area contributed by atoms with Gasteiger partial charge in [-0.15, -0.1) is 0 Å². The molecule has 4 N–H and O–H groups in total. The van der Waals surface area contributed by atoms with E-state index in [2.05, 4.69) is 4.98 Å². The number of phenols is 1. The Morgan fingerprint density at radius 1 is 1.47 bits per heavy atom. The van der Waals surface area contributed by atoms with Crippen molar-refractivity contribution in [3.05, 3.63) is 35.7 Å². The van der Waals surface area contributed by atoms with E-state index in [1.807, 2.05) is 0 Å². The van der Waals surface area contributed by atoms with Crippen LogP contribution in [0.5, 0.6) is 5.75 Å². The molecule has 0 fully saturated rings. The summed E-state index contributed by atoms with van der Waals surface area (Å²) in [7, 11) is 0. The van der Waals surface area contributed by atoms with Crippen LogP contribution in [0.4, 0.5) is 0 Å². The lowest BCUT2D eigenvalue weighted by Crippen LogP contribution is -2.04. The van der Waals surface area contributed by atoms with E-state index in [0.29, 0.717) is 5.56 Å². The summed E-state index contributed by atoms with van der Waals surface area (Å²) in [4.78, 5) is 14.7. The first-order chi connectivity index (χ1) is 8.11. The summed E-state index contributed by atoms with van der Waals surface area (Å²) in [5.41, 5.74) is 5.65. The third kappa shape index (κ3) is 2.11. The van der Waals surface area contributed by atoms with Gasteiger partial charge in [0.05, 0.1) is 6.54 Å². The molecule has 0 aliphatic carbocycles. The Morgan fingerprint density at radius 2 is 2.24 bits per heavy atom. The van der Waals surface area contributed by atoms with Crippen molar-refractivity contribution in [1.82, 2.24) is 4.98 Å². The molecule has 0 unspecified atom stereocenters. The maximum atomic E-state index is 10.9. The lowest BCUT2D eigenvalue weighted by atomic mass is 10.2. The Balaban J connectivity index is 2.50. The average Bonchev–Trinajstić information content (AvgIpc) is 2.73. The summed E-state index contributed by atoms with van der Waals surface area (Å²) in [6, 6.07) is 6.18. The molecule has 2 aromatic rings. The standard InChI is InChI=1S/C11H10N2O4/c12-5-8-9(11(15)16)13-10(17-8)6-2-1-3-7(14)4-6/h1-4,14H,5,12H2,(H,15,16). The highest BCUT2D eigenvalue weighted by molar-refractivity contribution is 5.87. The van der Waals surface area contributed by atoms with Gasteiger partial charge < -0.3 is 20.4 Å². The lowest BCUT2D eigenvalue weighted by Gasteiger charge is -1.95. The number of carboxylic acid groups (broad SMARTS) is 1. The van der Waals surface area contributed by atoms with Crippen LogP contribution < -0.4 is 5.73 Å². The first kappa shape index (κ1) is 11.2. The van der Waals surface area contributed by atoms with Gasteiger partial charge in [0.15, 0.2) is 11.5 Å². The van der Waals surface area contributed by atoms with Crippen molar-refractivity contribution in [3.8, 4) is 17.2 Å². The summed E-state index contributed by atoms with van der Waals surface area (Å²) in [6.07, 6.45) is 0. The van der Waals surface area contributed by atoms with E-state index in [1.165, 1.54) is 12.1 Å². The zero-order chi connectivity index (χ0) is 12.4. The predicted octanol–water partition coefficient (Wildman–Crippen LogP) is 1.20. The van der Waals surface area contributed by atoms with E-state index in [9.17, 15) is 9.90 Å². The number of phenolic OH excluding ortho intramolecular Hbond substituents is 1. The smallest absolute Gasteiger partial charge is 0.358 e. The predicted molar refractivity (Wildman–Crippen MR) is 58.5 cm³/mol. The maximum absolute atomic E-state index is 10.9. The molecule has 2 rings (SSSR count). The molecular weight excluding hydrogens is 224 g/mol. The van der Waals surface area contributed by atoms with Gasteiger partial charge in [0.2, 0.25) is 5.89 Å². The van der Waals surface area contributed by atoms with Crippen LogP contribution >= 0.6 is 0 Å². The SMILES string of the molecule is NCc1oc(-c2cccc(O)c2)nc1C(=O)O. The maximum Gasteiger partial charge on any atom is 0.358 e. The third-order valence-electron chi connectivity index (χ3n) is 2.18. The van der Waals surface area contributed by atoms with Gasteiger partial charge in [-0.3, -0.25) is 0 Å². The highest BCUT2D eigenvalue weighted by atomic mass is 16.4. The molecule has 88 valence electrons. The number of aromatic carboxylic acids is 1. The fraction of sp³-hybridized carbons (Fsp3) is 0.0909. The molecule has 17 heavy (non-hydrogen) atoms. The van der Waals surface area contributed by atoms with Crippen molar-refractivity contribution in [2.75, 3.05) is 0 Å². The van der Waals surface area contributed by atoms with E-state index in [4.69, 9.17) is 15.3 Å². The molecule has 0 aliphatic heterocycles. The summed E-state index contributed by atoms with van der Waals surface area (Å²) >= 11 is 0. The molecule has 0 spiro atoms. The molecule has 0 aliphatic rings. The molecule has 1 aromatic heterocycles. The largest absolute Gasteiger partial charge is 0.508 e. The Labute approximate surface area is 96.3 Å². The van der Waals surface area contributed by atoms with E-state index in [0.717, 1.165) is 0 Å². The number of aromatic hydroxyl groups is 1. The van der Waals surface area contributed by atoms with E-state index >= 15 is 0 Å². The number of benzene rings is 1. The lowest BCUT2D eigenvalue weighted by molar-refractivity contribution is 0.0689. The van der Waals surface area contributed by atoms with Crippen LogP contribution in [0.15, 0.2) is 28.7 Å². The Morgan fingerprint density at radius 3 is 2.76 bits per heavy atom. The van der Waals surface area contributed by atoms with E-state index in [1.54, 1.807) is 12.1 Å². The minimum atomic E-state index is -1.19. The highest BCUT2D eigenvalue weighted by Crippen LogP contribution is 2.24. The Hall–Kier alpha value is -2.34. The second kappa shape index (κ2) is 4.26. The number of oxazole rings is 1. The number of carboxylic acids is 1. The number of nitrogens with two attached hydrogens (primary N) is 1. The van der Waals surface area contributed by atoms with Gasteiger partial charge in [-0.2, -0.15) is 0 Å². The van der Waals surface area contributed by atoms with Crippen molar-refractivity contribution >= 4 is 5.97 Å². The second-order valence-electron chi connectivity index (χ2n) is 3.35. The van der Waals surface area contributed by atoms with Crippen molar-refractivity contribution in [2.45, 2.75) is 6.54 Å². The van der Waals surface area contributed by atoms with Crippen LogP contribution in [-0.4, -0.2) is 21.2 Å². The van der Waals surface area contributed by atoms with Gasteiger partial charge in [0.25, 0.3) is 0 Å². The monoisotopic (exact) mass is 234 g/mol. The average molecular weight is 234 g/mol. The van der Waals surface area contributed by atoms with Crippen molar-refractivity contribution < 1.29 is 19.4 Å². The molecular formula is C11H10N2O4. The van der Waals surface area contributed by atoms with E-state index < -0.39 is 5.97 Å². The quantitative estimate of drug-likeness (QED) is 0.736. The highest BCUT2D eigenvalue weighted by Gasteiger charge is 2.19. The van der Waals surface area contributed by atoms with Gasteiger partial charge in [-0.25, -0.2) is 9.78 Å². The fourth-order valence-electron chi connectivity index (χ4n) is 1.42. The van der Waals surface area contributed by atoms with Gasteiger partial charge in [0.1, 0.15) is 5.75 Å². The minimum Gasteiger partial charge on any atom is -0.508 e. The fourth-order valence-corrected chi connectivity index (χ4v) is 1.42. The zero-order valence-electron chi connectivity index (χ0n) is 8.75. The summed E-state index contributed by atoms with van der Waals surface area (Å²) < 4.78 is 5.24. The number of carbonyl (C=O) groups is 1. The van der Waals surface area contributed by atoms with Crippen molar-refractivity contribution in [2.24, 2.45) is 5.73 Å². The van der Waals surface area contributed by atoms with Crippen molar-refractivity contribution in [3.63, 3.8) is 0 Å². The summed E-state index contributed by atoms with van der Waals surface area (Å²) in [5, 5.41) is 18.2. The van der Waals surface area contributed by atoms with Crippen LogP contribution in [0.2, 0.25) is 0 Å². The first-order valence-corrected chi connectivity index (χ1v) is 4.84. The number of nitrogens with zero attached hydrogens (tertiary/aromatic N) is 1. The van der Waals surface area contributed by atoms with Gasteiger partial charge >= 0.3 is 5.97 Å². The molecule has 6 heteroatoms. The minimum absolute atomic E-state index is 0.0480. The second-order valence-corrected chi connectivity index (χ2v) is 3.35. The molecule has 0 amide bonds. The van der Waals surface area contributed by atoms with Gasteiger partial charge in [-0.05, 0) is 18.2 Å². The topological polar surface area (TPSA) is 110 Å². The third-order valence-corrected chi connectivity index (χ3v) is 2.18. The number of aromatic nitrogens is 1. The number of hydrogen-bond donors (Lipinski definition) is 3. The van der Waals surface area contributed by atoms with Crippen LogP contribution in [0.3, 0.4) is 0 Å². The molecule has 6 nitrogen and oxygen atoms in total. The Bertz CT molecular complexity index is 562. The first-order valence-electron chi connectivity index (χ1n) is 4.84. The molecule has 1 aromatic carbocycles. The van der Waals surface area contributed by atoms with Crippen LogP contribution in [0.1, 0.15) is 16.2 Å². The molecule has 0 atom stereocenters. The molecule has 0 saturated carbocycles. The number of rotatable bonds is 3. The van der Waals surface area contributed by atoms with Gasteiger partial charge in [0, 0.05) is 5.56 Å².